The van der Waals surface area contributed by atoms with Crippen LogP contribution in [0.25, 0.3) is 0 Å². The summed E-state index contributed by atoms with van der Waals surface area (Å²) in [6, 6.07) is 13.6. The van der Waals surface area contributed by atoms with Crippen molar-refractivity contribution in [3.05, 3.63) is 64.7 Å². The van der Waals surface area contributed by atoms with Gasteiger partial charge >= 0.3 is 12.0 Å². The normalized spacial score (nSPS) is 16.9. The molecule has 33 heavy (non-hydrogen) atoms. The van der Waals surface area contributed by atoms with E-state index in [9.17, 15) is 9.59 Å². The van der Waals surface area contributed by atoms with E-state index in [0.717, 1.165) is 30.5 Å². The van der Waals surface area contributed by atoms with Gasteiger partial charge in [-0.05, 0) is 78.0 Å². The van der Waals surface area contributed by atoms with Crippen LogP contribution in [0.15, 0.2) is 42.5 Å². The summed E-state index contributed by atoms with van der Waals surface area (Å²) >= 11 is 0. The predicted molar refractivity (Wildman–Crippen MR) is 134 cm³/mol. The lowest BCUT2D eigenvalue weighted by molar-refractivity contribution is 0.0509. The average Bonchev–Trinajstić information content (AvgIpc) is 2.77. The third kappa shape index (κ3) is 6.16. The second kappa shape index (κ2) is 9.98. The molecular formula is C28H38N2O3. The van der Waals surface area contributed by atoms with Gasteiger partial charge in [-0.25, -0.2) is 9.59 Å². The molecule has 0 saturated carbocycles. The molecule has 0 heterocycles. The van der Waals surface area contributed by atoms with Gasteiger partial charge in [-0.3, -0.25) is 0 Å². The largest absolute Gasteiger partial charge is 0.462 e. The molecule has 2 amide bonds. The summed E-state index contributed by atoms with van der Waals surface area (Å²) in [7, 11) is 0. The van der Waals surface area contributed by atoms with Crippen molar-refractivity contribution in [1.29, 1.82) is 0 Å². The zero-order chi connectivity index (χ0) is 24.2. The SMILES string of the molecule is CCC(C)NC(=O)Nc1ccc(CCOC(=O)c2ccc3c(c2)C(C)(C)CCC3(C)C)cc1. The smallest absolute Gasteiger partial charge is 0.338 e. The summed E-state index contributed by atoms with van der Waals surface area (Å²) in [4.78, 5) is 24.6. The molecular weight excluding hydrogens is 412 g/mol. The molecule has 1 aliphatic carbocycles. The number of hydrogen-bond acceptors (Lipinski definition) is 3. The van der Waals surface area contributed by atoms with Crippen LogP contribution in [0.1, 0.15) is 87.9 Å². The Kier molecular flexibility index (Phi) is 7.51. The van der Waals surface area contributed by atoms with Crippen molar-refractivity contribution < 1.29 is 14.3 Å². The summed E-state index contributed by atoms with van der Waals surface area (Å²) in [5.41, 5.74) is 5.17. The van der Waals surface area contributed by atoms with Gasteiger partial charge in [0.15, 0.2) is 0 Å². The quantitative estimate of drug-likeness (QED) is 0.483. The Morgan fingerprint density at radius 3 is 2.24 bits per heavy atom. The van der Waals surface area contributed by atoms with E-state index in [2.05, 4.69) is 44.4 Å². The molecule has 0 aliphatic heterocycles. The fourth-order valence-corrected chi connectivity index (χ4v) is 4.31. The van der Waals surface area contributed by atoms with Gasteiger partial charge in [-0.2, -0.15) is 0 Å². The number of hydrogen-bond donors (Lipinski definition) is 2. The monoisotopic (exact) mass is 450 g/mol. The molecule has 0 bridgehead atoms. The number of fused-ring (bicyclic) bond motifs is 1. The van der Waals surface area contributed by atoms with Crippen LogP contribution in [0.5, 0.6) is 0 Å². The van der Waals surface area contributed by atoms with Gasteiger partial charge in [0, 0.05) is 18.2 Å². The van der Waals surface area contributed by atoms with Crippen LogP contribution >= 0.6 is 0 Å². The topological polar surface area (TPSA) is 67.4 Å². The van der Waals surface area contributed by atoms with E-state index in [0.29, 0.717) is 18.6 Å². The molecule has 5 nitrogen and oxygen atoms in total. The minimum atomic E-state index is -0.281. The first-order chi connectivity index (χ1) is 15.5. The second-order valence-corrected chi connectivity index (χ2v) is 10.5. The fraction of sp³-hybridized carbons (Fsp3) is 0.500. The van der Waals surface area contributed by atoms with Crippen molar-refractivity contribution in [2.45, 2.75) is 84.1 Å². The van der Waals surface area contributed by atoms with Gasteiger partial charge in [-0.1, -0.05) is 52.8 Å². The molecule has 0 aromatic heterocycles. The lowest BCUT2D eigenvalue weighted by atomic mass is 9.63. The molecule has 1 aliphatic rings. The molecule has 2 aromatic rings. The van der Waals surface area contributed by atoms with Gasteiger partial charge in [0.05, 0.1) is 12.2 Å². The Morgan fingerprint density at radius 1 is 0.970 bits per heavy atom. The molecule has 0 saturated heterocycles. The summed E-state index contributed by atoms with van der Waals surface area (Å²) in [5.74, 6) is -0.281. The summed E-state index contributed by atoms with van der Waals surface area (Å²) in [6.45, 7) is 13.4. The van der Waals surface area contributed by atoms with Crippen LogP contribution in [0.4, 0.5) is 10.5 Å². The van der Waals surface area contributed by atoms with Crippen molar-refractivity contribution in [3.63, 3.8) is 0 Å². The number of carbonyl (C=O) groups excluding carboxylic acids is 2. The Bertz CT molecular complexity index is 993. The van der Waals surface area contributed by atoms with Crippen LogP contribution in [-0.4, -0.2) is 24.6 Å². The van der Waals surface area contributed by atoms with Crippen LogP contribution in [0.3, 0.4) is 0 Å². The number of benzene rings is 2. The molecule has 0 spiro atoms. The molecule has 178 valence electrons. The summed E-state index contributed by atoms with van der Waals surface area (Å²) < 4.78 is 5.58. The maximum absolute atomic E-state index is 12.7. The molecule has 1 unspecified atom stereocenters. The fourth-order valence-electron chi connectivity index (χ4n) is 4.31. The number of rotatable bonds is 7. The Labute approximate surface area is 198 Å². The highest BCUT2D eigenvalue weighted by Gasteiger charge is 2.37. The molecule has 3 rings (SSSR count). The highest BCUT2D eigenvalue weighted by atomic mass is 16.5. The Morgan fingerprint density at radius 2 is 1.61 bits per heavy atom. The number of nitrogens with one attached hydrogen (secondary N) is 2. The third-order valence-corrected chi connectivity index (χ3v) is 6.91. The van der Waals surface area contributed by atoms with E-state index in [1.807, 2.05) is 50.2 Å². The van der Waals surface area contributed by atoms with E-state index >= 15 is 0 Å². The first-order valence-corrected chi connectivity index (χ1v) is 12.0. The van der Waals surface area contributed by atoms with Crippen molar-refractivity contribution in [2.75, 3.05) is 11.9 Å². The number of urea groups is 1. The number of anilines is 1. The Hall–Kier alpha value is -2.82. The highest BCUT2D eigenvalue weighted by Crippen LogP contribution is 2.45. The van der Waals surface area contributed by atoms with Crippen LogP contribution < -0.4 is 10.6 Å². The lowest BCUT2D eigenvalue weighted by Gasteiger charge is -2.41. The molecule has 0 radical (unpaired) electrons. The van der Waals surface area contributed by atoms with E-state index < -0.39 is 0 Å². The van der Waals surface area contributed by atoms with Gasteiger partial charge in [0.2, 0.25) is 0 Å². The second-order valence-electron chi connectivity index (χ2n) is 10.5. The minimum absolute atomic E-state index is 0.0579. The molecule has 2 aromatic carbocycles. The zero-order valence-corrected chi connectivity index (χ0v) is 20.9. The number of ether oxygens (including phenoxy) is 1. The molecule has 1 atom stereocenters. The first-order valence-electron chi connectivity index (χ1n) is 12.0. The highest BCUT2D eigenvalue weighted by molar-refractivity contribution is 5.90. The van der Waals surface area contributed by atoms with Gasteiger partial charge < -0.3 is 15.4 Å². The van der Waals surface area contributed by atoms with E-state index in [4.69, 9.17) is 4.74 Å². The van der Waals surface area contributed by atoms with Gasteiger partial charge in [0.25, 0.3) is 0 Å². The van der Waals surface area contributed by atoms with E-state index in [1.54, 1.807) is 0 Å². The van der Waals surface area contributed by atoms with Crippen molar-refractivity contribution in [1.82, 2.24) is 5.32 Å². The summed E-state index contributed by atoms with van der Waals surface area (Å²) in [6.07, 6.45) is 3.75. The molecule has 5 heteroatoms. The number of esters is 1. The van der Waals surface area contributed by atoms with Crippen molar-refractivity contribution >= 4 is 17.7 Å². The third-order valence-electron chi connectivity index (χ3n) is 6.91. The van der Waals surface area contributed by atoms with Gasteiger partial charge in [-0.15, -0.1) is 0 Å². The zero-order valence-electron chi connectivity index (χ0n) is 20.9. The maximum atomic E-state index is 12.7. The molecule has 0 fully saturated rings. The minimum Gasteiger partial charge on any atom is -0.462 e. The average molecular weight is 451 g/mol. The maximum Gasteiger partial charge on any atom is 0.338 e. The standard InChI is InChI=1S/C28H38N2O3/c1-7-19(2)29-26(32)30-22-11-8-20(9-12-22)14-17-33-25(31)21-10-13-23-24(18-21)28(5,6)16-15-27(23,3)4/h8-13,18-19H,7,14-17H2,1-6H3,(H2,29,30,32). The van der Waals surface area contributed by atoms with Crippen molar-refractivity contribution in [3.8, 4) is 0 Å². The lowest BCUT2D eigenvalue weighted by Crippen LogP contribution is -2.35. The summed E-state index contributed by atoms with van der Waals surface area (Å²) in [5, 5.41) is 5.71. The molecule has 2 N–H and O–H groups in total. The number of amides is 2. The Balaban J connectivity index is 1.55. The van der Waals surface area contributed by atoms with E-state index in [-0.39, 0.29) is 28.9 Å². The van der Waals surface area contributed by atoms with Crippen LogP contribution in [-0.2, 0) is 22.0 Å². The van der Waals surface area contributed by atoms with Crippen molar-refractivity contribution in [2.24, 2.45) is 0 Å². The number of carbonyl (C=O) groups is 2. The predicted octanol–water partition coefficient (Wildman–Crippen LogP) is 6.36. The van der Waals surface area contributed by atoms with E-state index in [1.165, 1.54) is 11.1 Å². The van der Waals surface area contributed by atoms with Gasteiger partial charge in [0.1, 0.15) is 0 Å². The van der Waals surface area contributed by atoms with Crippen LogP contribution in [0, 0.1) is 0 Å². The first kappa shape index (κ1) is 24.8. The van der Waals surface area contributed by atoms with Crippen LogP contribution in [0.2, 0.25) is 0 Å².